The van der Waals surface area contributed by atoms with Gasteiger partial charge in [-0.1, -0.05) is 5.92 Å². The second kappa shape index (κ2) is 13.0. The zero-order valence-electron chi connectivity index (χ0n) is 23.1. The molecular formula is C29H30N8O4S. The second-order valence-corrected chi connectivity index (χ2v) is 11.7. The topological polar surface area (TPSA) is 150 Å². The predicted molar refractivity (Wildman–Crippen MR) is 156 cm³/mol. The average molecular weight is 587 g/mol. The molecule has 216 valence electrons. The van der Waals surface area contributed by atoms with E-state index < -0.39 is 16.1 Å². The number of aliphatic hydroxyl groups excluding tert-OH is 1. The summed E-state index contributed by atoms with van der Waals surface area (Å²) in [7, 11) is -3.65. The predicted octanol–water partition coefficient (Wildman–Crippen LogP) is 1.91. The number of pyridine rings is 2. The van der Waals surface area contributed by atoms with Gasteiger partial charge in [0.25, 0.3) is 0 Å². The van der Waals surface area contributed by atoms with Crippen molar-refractivity contribution in [2.24, 2.45) is 0 Å². The number of rotatable bonds is 9. The van der Waals surface area contributed by atoms with Crippen molar-refractivity contribution < 1.29 is 18.3 Å². The molecule has 4 aromatic rings. The molecule has 0 aromatic carbocycles. The Morgan fingerprint density at radius 2 is 1.88 bits per heavy atom. The van der Waals surface area contributed by atoms with Crippen LogP contribution in [0.3, 0.4) is 0 Å². The number of nitrogens with zero attached hydrogens (tertiary/aromatic N) is 8. The van der Waals surface area contributed by atoms with Crippen molar-refractivity contribution in [2.45, 2.75) is 25.9 Å². The summed E-state index contributed by atoms with van der Waals surface area (Å²) in [5.41, 5.74) is 3.57. The van der Waals surface area contributed by atoms with Gasteiger partial charge in [0.1, 0.15) is 24.0 Å². The van der Waals surface area contributed by atoms with Crippen molar-refractivity contribution in [1.82, 2.24) is 28.9 Å². The van der Waals surface area contributed by atoms with Crippen LogP contribution in [-0.2, 0) is 16.4 Å². The number of nitriles is 1. The van der Waals surface area contributed by atoms with Crippen molar-refractivity contribution in [3.8, 4) is 34.8 Å². The molecule has 1 aliphatic rings. The molecule has 4 aromatic heterocycles. The number of hydrogen-bond acceptors (Lipinski definition) is 10. The van der Waals surface area contributed by atoms with Crippen molar-refractivity contribution >= 4 is 21.4 Å². The monoisotopic (exact) mass is 586 g/mol. The van der Waals surface area contributed by atoms with E-state index >= 15 is 0 Å². The molecule has 5 rings (SSSR count). The van der Waals surface area contributed by atoms with Crippen molar-refractivity contribution in [3.63, 3.8) is 0 Å². The first kappa shape index (κ1) is 29.0. The summed E-state index contributed by atoms with van der Waals surface area (Å²) in [6, 6.07) is 7.87. The van der Waals surface area contributed by atoms with Gasteiger partial charge in [0.15, 0.2) is 0 Å². The third-order valence-electron chi connectivity index (χ3n) is 6.81. The zero-order chi connectivity index (χ0) is 29.5. The third-order valence-corrected chi connectivity index (χ3v) is 8.76. The minimum absolute atomic E-state index is 0.0676. The van der Waals surface area contributed by atoms with Gasteiger partial charge in [0.2, 0.25) is 10.0 Å². The van der Waals surface area contributed by atoms with Crippen LogP contribution in [-0.4, -0.2) is 87.0 Å². The Balaban J connectivity index is 1.19. The molecule has 13 heteroatoms. The molecule has 1 aliphatic heterocycles. The number of aliphatic hydroxyl groups is 1. The minimum atomic E-state index is -3.65. The first-order valence-corrected chi connectivity index (χ1v) is 15.1. The quantitative estimate of drug-likeness (QED) is 0.288. The Hall–Kier alpha value is -4.56. The second-order valence-electron chi connectivity index (χ2n) is 9.69. The Labute approximate surface area is 244 Å². The molecule has 1 fully saturated rings. The molecular weight excluding hydrogens is 556 g/mol. The summed E-state index contributed by atoms with van der Waals surface area (Å²) in [6.07, 6.45) is 9.20. The fraction of sp³-hybridized carbons (Fsp3) is 0.345. The molecule has 0 spiro atoms. The van der Waals surface area contributed by atoms with E-state index in [0.717, 1.165) is 22.5 Å². The van der Waals surface area contributed by atoms with Crippen LogP contribution >= 0.6 is 0 Å². The Bertz CT molecular complexity index is 1730. The summed E-state index contributed by atoms with van der Waals surface area (Å²) in [5, 5.41) is 24.2. The molecule has 0 bridgehead atoms. The highest BCUT2D eigenvalue weighted by molar-refractivity contribution is 7.89. The standard InChI is InChI=1S/C29H30N8O4S/c1-2-41-26-13-27(29-24(14-30)18-34-37(29)19-26)23-7-8-28(33-17-23)35-9-11-36(12-10-35)42(39,40)20-25(38)6-4-3-5-22-15-31-21-32-16-22/h7-8,13,15-19,21,25,38H,2,5-6,9-12,20H2,1H3. The fourth-order valence-corrected chi connectivity index (χ4v) is 6.29. The molecule has 1 unspecified atom stereocenters. The molecule has 0 aliphatic carbocycles. The summed E-state index contributed by atoms with van der Waals surface area (Å²) in [5.74, 6) is 6.74. The van der Waals surface area contributed by atoms with Crippen LogP contribution in [0.2, 0.25) is 0 Å². The van der Waals surface area contributed by atoms with Crippen LogP contribution in [0.5, 0.6) is 5.75 Å². The molecule has 0 saturated carbocycles. The smallest absolute Gasteiger partial charge is 0.216 e. The first-order chi connectivity index (χ1) is 20.4. The molecule has 0 amide bonds. The zero-order valence-corrected chi connectivity index (χ0v) is 23.9. The summed E-state index contributed by atoms with van der Waals surface area (Å²) in [6.45, 7) is 3.90. The number of hydrogen-bond donors (Lipinski definition) is 1. The lowest BCUT2D eigenvalue weighted by molar-refractivity contribution is 0.200. The van der Waals surface area contributed by atoms with Gasteiger partial charge in [-0.2, -0.15) is 14.7 Å². The Morgan fingerprint density at radius 3 is 2.57 bits per heavy atom. The van der Waals surface area contributed by atoms with Gasteiger partial charge in [-0.25, -0.2) is 27.9 Å². The highest BCUT2D eigenvalue weighted by Crippen LogP contribution is 2.31. The maximum absolute atomic E-state index is 12.9. The van der Waals surface area contributed by atoms with Gasteiger partial charge in [-0.15, -0.1) is 5.92 Å². The lowest BCUT2D eigenvalue weighted by atomic mass is 10.1. The highest BCUT2D eigenvalue weighted by atomic mass is 32.2. The van der Waals surface area contributed by atoms with Gasteiger partial charge in [0, 0.05) is 74.3 Å². The lowest BCUT2D eigenvalue weighted by Crippen LogP contribution is -2.50. The van der Waals surface area contributed by atoms with Gasteiger partial charge in [0.05, 0.1) is 41.9 Å². The van der Waals surface area contributed by atoms with Gasteiger partial charge >= 0.3 is 0 Å². The SMILES string of the molecule is CCOc1cc(-c2ccc(N3CCN(S(=O)(=O)CC(O)CC#CCc4cncnc4)CC3)nc2)c2c(C#N)cnn2c1. The molecule has 42 heavy (non-hydrogen) atoms. The third kappa shape index (κ3) is 6.66. The molecule has 5 heterocycles. The van der Waals surface area contributed by atoms with Crippen LogP contribution < -0.4 is 9.64 Å². The van der Waals surface area contributed by atoms with Crippen molar-refractivity contribution in [2.75, 3.05) is 43.4 Å². The highest BCUT2D eigenvalue weighted by Gasteiger charge is 2.29. The van der Waals surface area contributed by atoms with E-state index in [1.54, 1.807) is 29.3 Å². The number of sulfonamides is 1. The molecule has 1 atom stereocenters. The molecule has 1 saturated heterocycles. The van der Waals surface area contributed by atoms with Crippen LogP contribution in [0, 0.1) is 23.2 Å². The normalized spacial score (nSPS) is 14.6. The van der Waals surface area contributed by atoms with Gasteiger partial charge in [-0.3, -0.25) is 0 Å². The van der Waals surface area contributed by atoms with Gasteiger partial charge in [-0.05, 0) is 25.1 Å². The summed E-state index contributed by atoms with van der Waals surface area (Å²) < 4.78 is 34.6. The Morgan fingerprint density at radius 1 is 1.10 bits per heavy atom. The van der Waals surface area contributed by atoms with Crippen molar-refractivity contribution in [1.29, 1.82) is 5.26 Å². The van der Waals surface area contributed by atoms with Crippen LogP contribution in [0.15, 0.2) is 55.5 Å². The lowest BCUT2D eigenvalue weighted by Gasteiger charge is -2.35. The maximum atomic E-state index is 12.9. The Kier molecular flexibility index (Phi) is 8.93. The average Bonchev–Trinajstić information content (AvgIpc) is 3.43. The van der Waals surface area contributed by atoms with E-state index in [9.17, 15) is 18.8 Å². The first-order valence-electron chi connectivity index (χ1n) is 13.5. The maximum Gasteiger partial charge on any atom is 0.216 e. The van der Waals surface area contributed by atoms with E-state index in [2.05, 4.69) is 38.0 Å². The number of fused-ring (bicyclic) bond motifs is 1. The summed E-state index contributed by atoms with van der Waals surface area (Å²) >= 11 is 0. The van der Waals surface area contributed by atoms with Crippen molar-refractivity contribution in [3.05, 3.63) is 66.6 Å². The van der Waals surface area contributed by atoms with Gasteiger partial charge < -0.3 is 14.7 Å². The fourth-order valence-electron chi connectivity index (χ4n) is 4.76. The number of ether oxygens (including phenoxy) is 1. The molecule has 12 nitrogen and oxygen atoms in total. The van der Waals surface area contributed by atoms with E-state index in [4.69, 9.17) is 4.74 Å². The number of piperazine rings is 1. The molecule has 1 N–H and O–H groups in total. The largest absolute Gasteiger partial charge is 0.492 e. The minimum Gasteiger partial charge on any atom is -0.492 e. The number of anilines is 1. The van der Waals surface area contributed by atoms with E-state index in [1.165, 1.54) is 16.8 Å². The summed E-state index contributed by atoms with van der Waals surface area (Å²) in [4.78, 5) is 14.5. The molecule has 0 radical (unpaired) electrons. The van der Waals surface area contributed by atoms with Crippen LogP contribution in [0.4, 0.5) is 5.82 Å². The van der Waals surface area contributed by atoms with Crippen LogP contribution in [0.25, 0.3) is 16.6 Å². The van der Waals surface area contributed by atoms with Crippen LogP contribution in [0.1, 0.15) is 24.5 Å². The number of aromatic nitrogens is 5. The van der Waals surface area contributed by atoms with E-state index in [0.29, 0.717) is 42.9 Å². The van der Waals surface area contributed by atoms with E-state index in [1.807, 2.05) is 30.0 Å². The van der Waals surface area contributed by atoms with E-state index in [-0.39, 0.29) is 25.3 Å².